The van der Waals surface area contributed by atoms with Gasteiger partial charge in [0.05, 0.1) is 12.5 Å². The van der Waals surface area contributed by atoms with Gasteiger partial charge in [-0.05, 0) is 18.3 Å². The maximum Gasteiger partial charge on any atom is 0.222 e. The molecule has 5 nitrogen and oxygen atoms in total. The lowest BCUT2D eigenvalue weighted by atomic mass is 9.99. The molecule has 0 fully saturated rings. The van der Waals surface area contributed by atoms with Gasteiger partial charge in [-0.25, -0.2) is 0 Å². The van der Waals surface area contributed by atoms with Gasteiger partial charge in [0.25, 0.3) is 0 Å². The van der Waals surface area contributed by atoms with Crippen LogP contribution < -0.4 is 10.6 Å². The van der Waals surface area contributed by atoms with Gasteiger partial charge in [-0.1, -0.05) is 27.7 Å². The largest absolute Gasteiger partial charge is 0.359 e. The van der Waals surface area contributed by atoms with Crippen molar-refractivity contribution in [1.29, 1.82) is 0 Å². The molecule has 0 radical (unpaired) electrons. The van der Waals surface area contributed by atoms with E-state index in [2.05, 4.69) is 10.6 Å². The highest BCUT2D eigenvalue weighted by atomic mass is 16.2. The van der Waals surface area contributed by atoms with Gasteiger partial charge in [0.2, 0.25) is 11.8 Å². The van der Waals surface area contributed by atoms with Crippen molar-refractivity contribution in [1.82, 2.24) is 10.6 Å². The molecule has 0 aromatic heterocycles. The molecule has 0 aromatic rings. The number of Topliss-reactive ketones (excluding diaryl/α,β-unsaturated/α-hetero) is 1. The van der Waals surface area contributed by atoms with Gasteiger partial charge in [0.15, 0.2) is 5.78 Å². The molecule has 0 aromatic carbocycles. The number of hydrogen-bond donors (Lipinski definition) is 2. The molecule has 0 heterocycles. The van der Waals surface area contributed by atoms with Crippen molar-refractivity contribution in [2.75, 3.05) is 7.05 Å². The smallest absolute Gasteiger partial charge is 0.222 e. The minimum atomic E-state index is -0.708. The molecule has 0 saturated carbocycles. The third-order valence-corrected chi connectivity index (χ3v) is 2.95. The SMILES string of the molecule is CNC(=O)CC(NC(=O)CC(C)C)C(=O)CCC(C)C. The van der Waals surface area contributed by atoms with Crippen molar-refractivity contribution in [3.8, 4) is 0 Å². The first-order valence-electron chi connectivity index (χ1n) is 7.28. The van der Waals surface area contributed by atoms with Crippen LogP contribution in [0.25, 0.3) is 0 Å². The van der Waals surface area contributed by atoms with Crippen LogP contribution in [-0.4, -0.2) is 30.7 Å². The summed E-state index contributed by atoms with van der Waals surface area (Å²) in [5.74, 6) is 0.163. The predicted molar refractivity (Wildman–Crippen MR) is 79.1 cm³/mol. The molecule has 2 amide bonds. The van der Waals surface area contributed by atoms with Gasteiger partial charge < -0.3 is 10.6 Å². The average molecular weight is 284 g/mol. The second kappa shape index (κ2) is 9.50. The lowest BCUT2D eigenvalue weighted by Gasteiger charge is -2.18. The summed E-state index contributed by atoms with van der Waals surface area (Å²) in [6.45, 7) is 7.96. The molecule has 0 bridgehead atoms. The summed E-state index contributed by atoms with van der Waals surface area (Å²) in [6.07, 6.45) is 1.53. The van der Waals surface area contributed by atoms with Gasteiger partial charge in [0.1, 0.15) is 0 Å². The molecule has 0 aliphatic carbocycles. The standard InChI is InChI=1S/C15H28N2O3/c1-10(2)6-7-13(18)12(9-14(19)16-5)17-15(20)8-11(3)4/h10-12H,6-9H2,1-5H3,(H,16,19)(H,17,20). The molecular weight excluding hydrogens is 256 g/mol. The third kappa shape index (κ3) is 8.67. The number of carbonyl (C=O) groups is 3. The lowest BCUT2D eigenvalue weighted by molar-refractivity contribution is -0.131. The van der Waals surface area contributed by atoms with Crippen LogP contribution in [-0.2, 0) is 14.4 Å². The quantitative estimate of drug-likeness (QED) is 0.676. The zero-order chi connectivity index (χ0) is 15.7. The van der Waals surface area contributed by atoms with E-state index in [1.165, 1.54) is 7.05 Å². The number of carbonyl (C=O) groups excluding carboxylic acids is 3. The molecular formula is C15H28N2O3. The molecule has 116 valence electrons. The summed E-state index contributed by atoms with van der Waals surface area (Å²) in [7, 11) is 1.52. The van der Waals surface area contributed by atoms with Gasteiger partial charge in [-0.2, -0.15) is 0 Å². The Bertz CT molecular complexity index is 338. The van der Waals surface area contributed by atoms with E-state index in [1.807, 2.05) is 27.7 Å². The highest BCUT2D eigenvalue weighted by Gasteiger charge is 2.23. The van der Waals surface area contributed by atoms with Crippen molar-refractivity contribution >= 4 is 17.6 Å². The van der Waals surface area contributed by atoms with Crippen LogP contribution >= 0.6 is 0 Å². The molecule has 0 rings (SSSR count). The number of ketones is 1. The van der Waals surface area contributed by atoms with Crippen molar-refractivity contribution < 1.29 is 14.4 Å². The fourth-order valence-electron chi connectivity index (χ4n) is 1.76. The van der Waals surface area contributed by atoms with Gasteiger partial charge in [0, 0.05) is 19.9 Å². The summed E-state index contributed by atoms with van der Waals surface area (Å²) in [6, 6.07) is -0.708. The predicted octanol–water partition coefficient (Wildman–Crippen LogP) is 1.66. The minimum Gasteiger partial charge on any atom is -0.359 e. The first-order valence-corrected chi connectivity index (χ1v) is 7.28. The zero-order valence-corrected chi connectivity index (χ0v) is 13.3. The molecule has 1 atom stereocenters. The molecule has 0 spiro atoms. The van der Waals surface area contributed by atoms with E-state index in [4.69, 9.17) is 0 Å². The average Bonchev–Trinajstić information content (AvgIpc) is 2.33. The topological polar surface area (TPSA) is 75.3 Å². The van der Waals surface area contributed by atoms with Gasteiger partial charge in [-0.3, -0.25) is 14.4 Å². The van der Waals surface area contributed by atoms with E-state index in [9.17, 15) is 14.4 Å². The van der Waals surface area contributed by atoms with Crippen LogP contribution in [0, 0.1) is 11.8 Å². The van der Waals surface area contributed by atoms with Crippen LogP contribution in [0.4, 0.5) is 0 Å². The van der Waals surface area contributed by atoms with Crippen LogP contribution in [0.3, 0.4) is 0 Å². The van der Waals surface area contributed by atoms with Gasteiger partial charge in [-0.15, -0.1) is 0 Å². The van der Waals surface area contributed by atoms with Crippen molar-refractivity contribution in [2.24, 2.45) is 11.8 Å². The second-order valence-corrected chi connectivity index (χ2v) is 5.99. The summed E-state index contributed by atoms with van der Waals surface area (Å²) in [4.78, 5) is 35.4. The number of nitrogens with one attached hydrogen (secondary N) is 2. The van der Waals surface area contributed by atoms with E-state index >= 15 is 0 Å². The first kappa shape index (κ1) is 18.6. The maximum absolute atomic E-state index is 12.1. The summed E-state index contributed by atoms with van der Waals surface area (Å²) in [5.41, 5.74) is 0. The normalized spacial score (nSPS) is 12.3. The zero-order valence-electron chi connectivity index (χ0n) is 13.3. The van der Waals surface area contributed by atoms with Crippen molar-refractivity contribution in [3.05, 3.63) is 0 Å². The molecule has 0 aliphatic heterocycles. The van der Waals surface area contributed by atoms with Crippen LogP contribution in [0.15, 0.2) is 0 Å². The fraction of sp³-hybridized carbons (Fsp3) is 0.800. The van der Waals surface area contributed by atoms with Crippen LogP contribution in [0.5, 0.6) is 0 Å². The van der Waals surface area contributed by atoms with Crippen LogP contribution in [0.1, 0.15) is 53.4 Å². The summed E-state index contributed by atoms with van der Waals surface area (Å²) in [5, 5.41) is 5.17. The van der Waals surface area contributed by atoms with Crippen molar-refractivity contribution in [2.45, 2.75) is 59.4 Å². The highest BCUT2D eigenvalue weighted by Crippen LogP contribution is 2.08. The van der Waals surface area contributed by atoms with Crippen LogP contribution in [0.2, 0.25) is 0 Å². The third-order valence-electron chi connectivity index (χ3n) is 2.95. The molecule has 20 heavy (non-hydrogen) atoms. The Morgan fingerprint density at radius 1 is 0.900 bits per heavy atom. The molecule has 5 heteroatoms. The molecule has 1 unspecified atom stereocenters. The Balaban J connectivity index is 4.58. The second-order valence-electron chi connectivity index (χ2n) is 5.99. The Hall–Kier alpha value is -1.39. The highest BCUT2D eigenvalue weighted by molar-refractivity contribution is 5.93. The van der Waals surface area contributed by atoms with E-state index < -0.39 is 6.04 Å². The van der Waals surface area contributed by atoms with E-state index in [-0.39, 0.29) is 29.9 Å². The number of hydrogen-bond acceptors (Lipinski definition) is 3. The molecule has 0 aliphatic rings. The summed E-state index contributed by atoms with van der Waals surface area (Å²) < 4.78 is 0. The Labute approximate surface area is 121 Å². The Morgan fingerprint density at radius 2 is 1.50 bits per heavy atom. The Morgan fingerprint density at radius 3 is 1.95 bits per heavy atom. The molecule has 2 N–H and O–H groups in total. The van der Waals surface area contributed by atoms with E-state index in [1.54, 1.807) is 0 Å². The van der Waals surface area contributed by atoms with Crippen molar-refractivity contribution in [3.63, 3.8) is 0 Å². The van der Waals surface area contributed by atoms with E-state index in [0.717, 1.165) is 6.42 Å². The fourth-order valence-corrected chi connectivity index (χ4v) is 1.76. The lowest BCUT2D eigenvalue weighted by Crippen LogP contribution is -2.44. The summed E-state index contributed by atoms with van der Waals surface area (Å²) >= 11 is 0. The minimum absolute atomic E-state index is 0.0112. The number of amides is 2. The van der Waals surface area contributed by atoms with Gasteiger partial charge >= 0.3 is 0 Å². The first-order chi connectivity index (χ1) is 9.26. The van der Waals surface area contributed by atoms with E-state index in [0.29, 0.717) is 18.8 Å². The molecule has 0 saturated heterocycles. The number of rotatable bonds is 9. The maximum atomic E-state index is 12.1. The Kier molecular flexibility index (Phi) is 8.84. The monoisotopic (exact) mass is 284 g/mol.